The van der Waals surface area contributed by atoms with Crippen LogP contribution in [0.15, 0.2) is 47.4 Å². The number of hydrogen-bond donors (Lipinski definition) is 2. The second kappa shape index (κ2) is 14.3. The fraction of sp³-hybridized carbons (Fsp3) is 0.567. The molecule has 2 aliphatic rings. The molecule has 238 valence electrons. The van der Waals surface area contributed by atoms with E-state index < -0.39 is 139 Å². The van der Waals surface area contributed by atoms with Crippen LogP contribution >= 0.6 is 0 Å². The Morgan fingerprint density at radius 1 is 1.23 bits per heavy atom. The molecule has 0 aromatic heterocycles. The summed E-state index contributed by atoms with van der Waals surface area (Å²) < 4.78 is 228. The van der Waals surface area contributed by atoms with Crippen LogP contribution in [0.3, 0.4) is 0 Å². The monoisotopic (exact) mass is 645 g/mol. The van der Waals surface area contributed by atoms with Crippen molar-refractivity contribution in [2.45, 2.75) is 75.7 Å². The summed E-state index contributed by atoms with van der Waals surface area (Å²) in [5, 5.41) is 13.8. The highest BCUT2D eigenvalue weighted by atomic mass is 32.2. The van der Waals surface area contributed by atoms with Crippen LogP contribution in [0.25, 0.3) is 0 Å². The number of carbonyl (C=O) groups is 1. The summed E-state index contributed by atoms with van der Waals surface area (Å²) in [5.74, 6) is -9.57. The summed E-state index contributed by atoms with van der Waals surface area (Å²) in [7, 11) is -5.84. The number of fused-ring (bicyclic) bond motifs is 1. The number of amides is 1. The lowest BCUT2D eigenvalue weighted by Gasteiger charge is -2.31. The van der Waals surface area contributed by atoms with Crippen molar-refractivity contribution in [2.75, 3.05) is 26.2 Å². The van der Waals surface area contributed by atoms with E-state index in [9.17, 15) is 27.1 Å². The van der Waals surface area contributed by atoms with E-state index in [1.54, 1.807) is 0 Å². The maximum absolute atomic E-state index is 14.4. The van der Waals surface area contributed by atoms with Gasteiger partial charge in [0.1, 0.15) is 11.8 Å². The van der Waals surface area contributed by atoms with Gasteiger partial charge >= 0.3 is 6.09 Å². The van der Waals surface area contributed by atoms with Crippen molar-refractivity contribution in [2.24, 2.45) is 11.8 Å². The van der Waals surface area contributed by atoms with Crippen molar-refractivity contribution in [3.63, 3.8) is 0 Å². The number of halogens is 2. The molecule has 0 spiro atoms. The van der Waals surface area contributed by atoms with E-state index in [2.05, 4.69) is 5.32 Å². The van der Waals surface area contributed by atoms with Crippen LogP contribution in [-0.4, -0.2) is 80.7 Å². The number of hydrogen-bond acceptors (Lipinski definition) is 8. The van der Waals surface area contributed by atoms with Crippen molar-refractivity contribution in [1.29, 1.82) is 0 Å². The molecule has 2 aromatic carbocycles. The maximum atomic E-state index is 14.4. The van der Waals surface area contributed by atoms with Gasteiger partial charge in [-0.15, -0.1) is 0 Å². The highest BCUT2D eigenvalue weighted by Gasteiger charge is 2.44. The van der Waals surface area contributed by atoms with Crippen LogP contribution in [0.1, 0.15) is 65.4 Å². The Labute approximate surface area is 278 Å². The molecule has 2 fully saturated rings. The van der Waals surface area contributed by atoms with Gasteiger partial charge in [-0.1, -0.05) is 25.8 Å². The second-order valence-electron chi connectivity index (χ2n) is 9.30. The normalized spacial score (nSPS) is 33.1. The first-order chi connectivity index (χ1) is 27.8. The van der Waals surface area contributed by atoms with Gasteiger partial charge in [-0.25, -0.2) is 22.0 Å². The molecule has 2 aromatic rings. The third-order valence-electron chi connectivity index (χ3n) is 6.29. The Bertz CT molecular complexity index is 2040. The Hall–Kier alpha value is -2.84. The van der Waals surface area contributed by atoms with E-state index in [0.717, 1.165) is 24.3 Å². The fourth-order valence-corrected chi connectivity index (χ4v) is 5.55. The molecule has 2 heterocycles. The number of ether oxygens (including phenoxy) is 4. The molecule has 0 bridgehead atoms. The summed E-state index contributed by atoms with van der Waals surface area (Å²) in [6, 6.07) is 2.64. The van der Waals surface area contributed by atoms with Crippen molar-refractivity contribution in [3.05, 3.63) is 59.7 Å². The summed E-state index contributed by atoms with van der Waals surface area (Å²) in [4.78, 5) is 12.2. The minimum atomic E-state index is -5.84. The molecular formula is C30H40F2N2O8S. The number of sulfonamides is 1. The van der Waals surface area contributed by atoms with E-state index in [1.807, 2.05) is 0 Å². The first-order valence-electron chi connectivity index (χ1n) is 22.0. The lowest BCUT2D eigenvalue weighted by Crippen LogP contribution is -2.51. The van der Waals surface area contributed by atoms with Crippen molar-refractivity contribution in [3.8, 4) is 5.75 Å². The molecule has 4 rings (SSSR count). The second-order valence-corrected chi connectivity index (χ2v) is 11.2. The van der Waals surface area contributed by atoms with Crippen LogP contribution < -0.4 is 10.1 Å². The van der Waals surface area contributed by atoms with E-state index in [4.69, 9.17) is 45.0 Å². The number of rotatable bonds is 13. The zero-order valence-electron chi connectivity index (χ0n) is 41.1. The quantitative estimate of drug-likeness (QED) is 0.337. The van der Waals surface area contributed by atoms with Gasteiger partial charge in [0.25, 0.3) is 0 Å². The van der Waals surface area contributed by atoms with E-state index >= 15 is 0 Å². The highest BCUT2D eigenvalue weighted by molar-refractivity contribution is 7.89. The molecule has 1 amide bonds. The average molecular weight is 646 g/mol. The number of aliphatic hydroxyl groups excluding tert-OH is 1. The Balaban J connectivity index is 1.83. The fourth-order valence-electron chi connectivity index (χ4n) is 4.24. The molecule has 0 aliphatic carbocycles. The predicted octanol–water partition coefficient (Wildman–Crippen LogP) is 3.86. The van der Waals surface area contributed by atoms with Gasteiger partial charge in [-0.05, 0) is 68.3 Å². The van der Waals surface area contributed by atoms with Crippen LogP contribution in [0.4, 0.5) is 13.6 Å². The summed E-state index contributed by atoms with van der Waals surface area (Å²) in [5.41, 5.74) is -0.0535. The van der Waals surface area contributed by atoms with Gasteiger partial charge in [0.2, 0.25) is 10.0 Å². The topological polar surface area (TPSA) is 124 Å². The van der Waals surface area contributed by atoms with Crippen LogP contribution in [0.5, 0.6) is 5.75 Å². The van der Waals surface area contributed by atoms with Crippen LogP contribution in [0.2, 0.25) is 0 Å². The van der Waals surface area contributed by atoms with Crippen molar-refractivity contribution < 1.29 is 72.1 Å². The van der Waals surface area contributed by atoms with Gasteiger partial charge in [0.15, 0.2) is 17.9 Å². The Morgan fingerprint density at radius 2 is 2.00 bits per heavy atom. The molecule has 43 heavy (non-hydrogen) atoms. The third-order valence-corrected chi connectivity index (χ3v) is 7.96. The zero-order chi connectivity index (χ0) is 47.7. The van der Waals surface area contributed by atoms with Crippen molar-refractivity contribution in [1.82, 2.24) is 9.62 Å². The first kappa shape index (κ1) is 15.9. The number of nitrogens with one attached hydrogen (secondary N) is 1. The van der Waals surface area contributed by atoms with Gasteiger partial charge in [0.05, 0.1) is 47.7 Å². The molecule has 13 heteroatoms. The molecule has 2 N–H and O–H groups in total. The zero-order valence-corrected chi connectivity index (χ0v) is 22.9. The summed E-state index contributed by atoms with van der Waals surface area (Å²) >= 11 is 0. The molecule has 2 aliphatic heterocycles. The largest absolute Gasteiger partial charge is 0.491 e. The third kappa shape index (κ3) is 8.63. The molecule has 5 atom stereocenters. The molecular weight excluding hydrogens is 586 g/mol. The molecule has 10 nitrogen and oxygen atoms in total. The standard InChI is InChI=1S/C30H40F2N2O8S/c1-18(2)15-34(43(37,38)22-9-10-24(31)25(32)14-22)16-27(35)26(13-20-5-7-21(8-6-20)41-19(3)4)33-30(36)42-28-17-40-29-23(28)11-12-39-29/h5-10,14,18-19,23,26-29,35H,11-13,15-17H2,1-4H3,(H,33,36)/t23-,26-,27+,28-,29+/m0/s1/i1D3,2D3,3D3,4D3,15D2,17D2,18D,19D,28D. The SMILES string of the molecule is [2H]C([2H])([2H])C([2H])(Oc1ccc(C[C@H](NC(=O)O[C@]2([2H])[C@@H]3CCO[C@@H]3OC2([2H])[2H])[C@H](O)CN(C([2H])([2H])C([2H])(C([2H])([2H])[2H])C([2H])([2H])[2H])S(=O)(=O)c2ccc(F)c(F)c2)cc1)C([2H])([2H])[2H]. The van der Waals surface area contributed by atoms with Gasteiger partial charge in [0, 0.05) is 33.6 Å². The number of alkyl carbamates (subject to hydrolysis) is 1. The number of aliphatic hydroxyl groups is 1. The van der Waals surface area contributed by atoms with Gasteiger partial charge < -0.3 is 29.4 Å². The lowest BCUT2D eigenvalue weighted by molar-refractivity contribution is -0.0907. The smallest absolute Gasteiger partial charge is 0.407 e. The van der Waals surface area contributed by atoms with Gasteiger partial charge in [-0.3, -0.25) is 0 Å². The minimum Gasteiger partial charge on any atom is -0.491 e. The lowest BCUT2D eigenvalue weighted by atomic mass is 10.0. The van der Waals surface area contributed by atoms with E-state index in [1.165, 1.54) is 0 Å². The minimum absolute atomic E-state index is 0.0163. The molecule has 0 unspecified atom stereocenters. The van der Waals surface area contributed by atoms with Gasteiger partial charge in [-0.2, -0.15) is 4.31 Å². The molecule has 0 radical (unpaired) electrons. The Kier molecular flexibility index (Phi) is 5.30. The number of benzene rings is 2. The average Bonchev–Trinajstić information content (AvgIpc) is 3.63. The maximum Gasteiger partial charge on any atom is 0.407 e. The molecule has 2 saturated heterocycles. The number of carbonyl (C=O) groups excluding carboxylic acids is 1. The Morgan fingerprint density at radius 3 is 2.70 bits per heavy atom. The van der Waals surface area contributed by atoms with E-state index in [-0.39, 0.29) is 30.7 Å². The summed E-state index contributed by atoms with van der Waals surface area (Å²) in [6.45, 7) is -24.7. The van der Waals surface area contributed by atoms with Crippen LogP contribution in [0, 0.1) is 23.4 Å². The first-order valence-corrected chi connectivity index (χ1v) is 14.0. The van der Waals surface area contributed by atoms with E-state index in [0.29, 0.717) is 6.07 Å². The van der Waals surface area contributed by atoms with Crippen LogP contribution in [-0.2, 0) is 30.7 Å². The number of nitrogens with zero attached hydrogens (tertiary/aromatic N) is 1. The van der Waals surface area contributed by atoms with Crippen molar-refractivity contribution >= 4 is 16.1 Å². The predicted molar refractivity (Wildman–Crippen MR) is 153 cm³/mol. The highest BCUT2D eigenvalue weighted by Crippen LogP contribution is 2.33. The summed E-state index contributed by atoms with van der Waals surface area (Å²) in [6.07, 6.45) is -12.8. The molecule has 0 saturated carbocycles.